The highest BCUT2D eigenvalue weighted by atomic mass is 35.5. The Hall–Kier alpha value is -2.05. The van der Waals surface area contributed by atoms with Crippen molar-refractivity contribution in [3.8, 4) is 5.75 Å². The van der Waals surface area contributed by atoms with Gasteiger partial charge in [0.2, 0.25) is 0 Å². The van der Waals surface area contributed by atoms with Gasteiger partial charge in [0.05, 0.1) is 0 Å². The van der Waals surface area contributed by atoms with E-state index < -0.39 is 0 Å². The van der Waals surface area contributed by atoms with Crippen molar-refractivity contribution in [2.45, 2.75) is 31.4 Å². The van der Waals surface area contributed by atoms with Crippen molar-refractivity contribution in [1.29, 1.82) is 0 Å². The van der Waals surface area contributed by atoms with Gasteiger partial charge < -0.3 is 9.30 Å². The molecule has 1 heterocycles. The molecule has 0 fully saturated rings. The number of ether oxygens (including phenoxy) is 1. The summed E-state index contributed by atoms with van der Waals surface area (Å²) in [5.41, 5.74) is 2.68. The lowest BCUT2D eigenvalue weighted by Gasteiger charge is -2.10. The first-order valence-corrected chi connectivity index (χ1v) is 9.46. The summed E-state index contributed by atoms with van der Waals surface area (Å²) in [7, 11) is 1.87. The minimum Gasteiger partial charge on any atom is -0.485 e. The summed E-state index contributed by atoms with van der Waals surface area (Å²) in [5.74, 6) is 1.61. The molecule has 0 saturated heterocycles. The van der Waals surface area contributed by atoms with E-state index in [9.17, 15) is 4.39 Å². The van der Waals surface area contributed by atoms with Crippen LogP contribution in [0.2, 0.25) is 5.02 Å². The van der Waals surface area contributed by atoms with E-state index >= 15 is 0 Å². The lowest BCUT2D eigenvalue weighted by molar-refractivity contribution is 0.288. The second-order valence-electron chi connectivity index (χ2n) is 6.00. The van der Waals surface area contributed by atoms with Crippen molar-refractivity contribution in [1.82, 2.24) is 14.8 Å². The zero-order chi connectivity index (χ0) is 18.7. The molecule has 4 nitrogen and oxygen atoms in total. The smallest absolute Gasteiger partial charge is 0.191 e. The number of benzene rings is 2. The number of aromatic nitrogens is 3. The van der Waals surface area contributed by atoms with Crippen LogP contribution in [0.25, 0.3) is 0 Å². The Morgan fingerprint density at radius 2 is 2.00 bits per heavy atom. The maximum Gasteiger partial charge on any atom is 0.191 e. The van der Waals surface area contributed by atoms with Crippen molar-refractivity contribution >= 4 is 23.4 Å². The van der Waals surface area contributed by atoms with Gasteiger partial charge in [-0.05, 0) is 43.2 Å². The summed E-state index contributed by atoms with van der Waals surface area (Å²) < 4.78 is 21.6. The molecule has 0 bridgehead atoms. The largest absolute Gasteiger partial charge is 0.485 e. The molecule has 136 valence electrons. The van der Waals surface area contributed by atoms with Crippen molar-refractivity contribution in [3.63, 3.8) is 0 Å². The van der Waals surface area contributed by atoms with Gasteiger partial charge in [0.15, 0.2) is 11.0 Å². The fourth-order valence-electron chi connectivity index (χ4n) is 2.41. The predicted octanol–water partition coefficient (Wildman–Crippen LogP) is 5.10. The minimum atomic E-state index is -0.314. The molecule has 0 N–H and O–H groups in total. The van der Waals surface area contributed by atoms with E-state index in [4.69, 9.17) is 16.3 Å². The molecule has 0 amide bonds. The molecule has 0 spiro atoms. The average Bonchev–Trinajstić information content (AvgIpc) is 2.95. The summed E-state index contributed by atoms with van der Waals surface area (Å²) in [5, 5.41) is 9.45. The fraction of sp³-hybridized carbons (Fsp3) is 0.263. The van der Waals surface area contributed by atoms with Crippen LogP contribution >= 0.6 is 23.4 Å². The van der Waals surface area contributed by atoms with Gasteiger partial charge in [-0.3, -0.25) is 0 Å². The maximum atomic E-state index is 13.9. The molecular weight excluding hydrogens is 373 g/mol. The van der Waals surface area contributed by atoms with Crippen LogP contribution in [-0.2, 0) is 19.4 Å². The van der Waals surface area contributed by atoms with Crippen molar-refractivity contribution in [2.75, 3.05) is 0 Å². The molecule has 0 atom stereocenters. The Balaban J connectivity index is 1.67. The first-order valence-electron chi connectivity index (χ1n) is 8.09. The highest BCUT2D eigenvalue weighted by Crippen LogP contribution is 2.28. The van der Waals surface area contributed by atoms with Gasteiger partial charge in [0, 0.05) is 23.4 Å². The zero-order valence-electron chi connectivity index (χ0n) is 14.8. The summed E-state index contributed by atoms with van der Waals surface area (Å²) in [6.45, 7) is 4.34. The Morgan fingerprint density at radius 1 is 1.19 bits per heavy atom. The van der Waals surface area contributed by atoms with Crippen LogP contribution in [0, 0.1) is 19.7 Å². The lowest BCUT2D eigenvalue weighted by atomic mass is 10.1. The molecule has 26 heavy (non-hydrogen) atoms. The third-order valence-corrected chi connectivity index (χ3v) is 5.43. The molecule has 7 heteroatoms. The summed E-state index contributed by atoms with van der Waals surface area (Å²) in [4.78, 5) is 0. The third kappa shape index (κ3) is 4.19. The molecule has 0 aliphatic heterocycles. The van der Waals surface area contributed by atoms with Gasteiger partial charge in [-0.15, -0.1) is 10.2 Å². The van der Waals surface area contributed by atoms with Crippen molar-refractivity contribution in [2.24, 2.45) is 7.05 Å². The Morgan fingerprint density at radius 3 is 2.77 bits per heavy atom. The quantitative estimate of drug-likeness (QED) is 0.548. The second kappa shape index (κ2) is 8.10. The van der Waals surface area contributed by atoms with Crippen LogP contribution in [0.4, 0.5) is 4.39 Å². The first-order chi connectivity index (χ1) is 12.5. The van der Waals surface area contributed by atoms with E-state index in [1.165, 1.54) is 17.8 Å². The first kappa shape index (κ1) is 18.7. The number of aryl methyl sites for hydroxylation is 2. The highest BCUT2D eigenvalue weighted by Gasteiger charge is 2.13. The number of hydrogen-bond acceptors (Lipinski definition) is 4. The maximum absolute atomic E-state index is 13.9. The van der Waals surface area contributed by atoms with E-state index in [0.29, 0.717) is 33.9 Å². The van der Waals surface area contributed by atoms with Crippen molar-refractivity contribution in [3.05, 3.63) is 69.8 Å². The van der Waals surface area contributed by atoms with Crippen LogP contribution in [-0.4, -0.2) is 14.8 Å². The molecule has 0 aliphatic carbocycles. The fourth-order valence-corrected chi connectivity index (χ4v) is 3.68. The molecule has 0 saturated carbocycles. The van der Waals surface area contributed by atoms with Gasteiger partial charge >= 0.3 is 0 Å². The number of halogens is 2. The molecule has 0 aliphatic rings. The predicted molar refractivity (Wildman–Crippen MR) is 102 cm³/mol. The Kier molecular flexibility index (Phi) is 5.84. The number of thioether (sulfide) groups is 1. The third-order valence-electron chi connectivity index (χ3n) is 4.03. The summed E-state index contributed by atoms with van der Waals surface area (Å²) in [6, 6.07) is 10.8. The van der Waals surface area contributed by atoms with Crippen LogP contribution < -0.4 is 4.74 Å². The van der Waals surface area contributed by atoms with Crippen LogP contribution in [0.3, 0.4) is 0 Å². The normalized spacial score (nSPS) is 11.0. The summed E-state index contributed by atoms with van der Waals surface area (Å²) >= 11 is 7.46. The average molecular weight is 392 g/mol. The standard InChI is InChI=1S/C19H19ClFN3OS/c1-12-7-8-13(2)17(9-12)25-10-18-22-23-19(24(18)3)26-11-14-15(20)5-4-6-16(14)21/h4-9H,10-11H2,1-3H3. The van der Waals surface area contributed by atoms with Gasteiger partial charge in [-0.2, -0.15) is 0 Å². The van der Waals surface area contributed by atoms with Crippen LogP contribution in [0.15, 0.2) is 41.6 Å². The van der Waals surface area contributed by atoms with Crippen LogP contribution in [0.5, 0.6) is 5.75 Å². The lowest BCUT2D eigenvalue weighted by Crippen LogP contribution is -2.05. The van der Waals surface area contributed by atoms with Gasteiger partial charge in [0.1, 0.15) is 18.2 Å². The molecule has 3 rings (SSSR count). The SMILES string of the molecule is Cc1ccc(C)c(OCc2nnc(SCc3c(F)cccc3Cl)n2C)c1. The molecule has 2 aromatic carbocycles. The number of nitrogens with zero attached hydrogens (tertiary/aromatic N) is 3. The van der Waals surface area contributed by atoms with Gasteiger partial charge in [-0.25, -0.2) is 4.39 Å². The highest BCUT2D eigenvalue weighted by molar-refractivity contribution is 7.98. The Bertz CT molecular complexity index is 909. The molecule has 0 unspecified atom stereocenters. The number of hydrogen-bond donors (Lipinski definition) is 0. The van der Waals surface area contributed by atoms with E-state index in [1.807, 2.05) is 43.7 Å². The molecule has 1 aromatic heterocycles. The van der Waals surface area contributed by atoms with Gasteiger partial charge in [0.25, 0.3) is 0 Å². The number of rotatable bonds is 6. The van der Waals surface area contributed by atoms with Crippen molar-refractivity contribution < 1.29 is 9.13 Å². The Labute approximate surface area is 161 Å². The topological polar surface area (TPSA) is 39.9 Å². The van der Waals surface area contributed by atoms with Gasteiger partial charge in [-0.1, -0.05) is 41.6 Å². The monoisotopic (exact) mass is 391 g/mol. The summed E-state index contributed by atoms with van der Waals surface area (Å²) in [6.07, 6.45) is 0. The van der Waals surface area contributed by atoms with Crippen LogP contribution in [0.1, 0.15) is 22.5 Å². The van der Waals surface area contributed by atoms with E-state index in [-0.39, 0.29) is 5.82 Å². The molecular formula is C19H19ClFN3OS. The molecule has 3 aromatic rings. The van der Waals surface area contributed by atoms with E-state index in [2.05, 4.69) is 10.2 Å². The van der Waals surface area contributed by atoms with E-state index in [1.54, 1.807) is 12.1 Å². The van der Waals surface area contributed by atoms with E-state index in [0.717, 1.165) is 16.9 Å². The minimum absolute atomic E-state index is 0.314. The second-order valence-corrected chi connectivity index (χ2v) is 7.35. The molecule has 0 radical (unpaired) electrons. The zero-order valence-corrected chi connectivity index (χ0v) is 16.4.